The molecule has 2 amide bonds. The molecule has 1 aliphatic carbocycles. The second-order valence-corrected chi connectivity index (χ2v) is 12.1. The maximum absolute atomic E-state index is 13.6. The normalized spacial score (nSPS) is 15.3. The minimum absolute atomic E-state index is 0.0946. The summed E-state index contributed by atoms with van der Waals surface area (Å²) in [5, 5.41) is 3.30. The summed E-state index contributed by atoms with van der Waals surface area (Å²) in [6, 6.07) is 13.2. The number of carbonyl (C=O) groups is 2. The number of carbonyl (C=O) groups excluding carboxylic acids is 2. The predicted molar refractivity (Wildman–Crippen MR) is 143 cm³/mol. The van der Waals surface area contributed by atoms with Gasteiger partial charge in [0.05, 0.1) is 17.0 Å². The van der Waals surface area contributed by atoms with Crippen LogP contribution in [-0.2, 0) is 26.2 Å². The van der Waals surface area contributed by atoms with E-state index in [2.05, 4.69) is 21.2 Å². The van der Waals surface area contributed by atoms with E-state index in [0.717, 1.165) is 46.3 Å². The molecule has 0 unspecified atom stereocenters. The van der Waals surface area contributed by atoms with E-state index in [-0.39, 0.29) is 29.2 Å². The van der Waals surface area contributed by atoms with Crippen molar-refractivity contribution in [1.82, 2.24) is 10.2 Å². The van der Waals surface area contributed by atoms with E-state index in [1.54, 1.807) is 31.2 Å². The van der Waals surface area contributed by atoms with Gasteiger partial charge in [-0.1, -0.05) is 71.1 Å². The number of nitrogens with one attached hydrogen (secondary N) is 1. The van der Waals surface area contributed by atoms with Crippen molar-refractivity contribution in [2.75, 3.05) is 17.1 Å². The minimum atomic E-state index is -3.82. The maximum atomic E-state index is 13.6. The van der Waals surface area contributed by atoms with Crippen LogP contribution in [0.4, 0.5) is 5.69 Å². The number of hydrogen-bond donors (Lipinski definition) is 1. The van der Waals surface area contributed by atoms with Crippen LogP contribution in [0.3, 0.4) is 0 Å². The SMILES string of the molecule is C[C@@H](C(=O)NC1CCCCC1)N(Cc1cccc(Br)c1)C(=O)CN(c1ccccc1Cl)S(C)(=O)=O. The fourth-order valence-corrected chi connectivity index (χ4v) is 5.83. The molecule has 3 rings (SSSR count). The summed E-state index contributed by atoms with van der Waals surface area (Å²) >= 11 is 9.70. The molecule has 35 heavy (non-hydrogen) atoms. The Hall–Kier alpha value is -2.10. The summed E-state index contributed by atoms with van der Waals surface area (Å²) in [6.07, 6.45) is 6.18. The third-order valence-corrected chi connectivity index (χ3v) is 8.10. The first-order chi connectivity index (χ1) is 16.6. The Labute approximate surface area is 221 Å². The van der Waals surface area contributed by atoms with Gasteiger partial charge in [0.15, 0.2) is 0 Å². The van der Waals surface area contributed by atoms with Crippen LogP contribution in [0.5, 0.6) is 0 Å². The van der Waals surface area contributed by atoms with Crippen molar-refractivity contribution in [3.63, 3.8) is 0 Å². The molecule has 0 heterocycles. The van der Waals surface area contributed by atoms with Gasteiger partial charge < -0.3 is 10.2 Å². The monoisotopic (exact) mass is 583 g/mol. The molecule has 0 aliphatic heterocycles. The Morgan fingerprint density at radius 3 is 2.43 bits per heavy atom. The molecule has 1 fully saturated rings. The molecular weight excluding hydrogens is 554 g/mol. The number of benzene rings is 2. The van der Waals surface area contributed by atoms with Gasteiger partial charge in [-0.05, 0) is 49.6 Å². The number of hydrogen-bond acceptors (Lipinski definition) is 4. The molecule has 1 atom stereocenters. The summed E-state index contributed by atoms with van der Waals surface area (Å²) in [6.45, 7) is 1.35. The van der Waals surface area contributed by atoms with Crippen molar-refractivity contribution < 1.29 is 18.0 Å². The van der Waals surface area contributed by atoms with Gasteiger partial charge in [-0.2, -0.15) is 0 Å². The second-order valence-electron chi connectivity index (χ2n) is 8.89. The first-order valence-electron chi connectivity index (χ1n) is 11.6. The zero-order valence-corrected chi connectivity index (χ0v) is 23.1. The molecule has 0 aromatic heterocycles. The highest BCUT2D eigenvalue weighted by Gasteiger charge is 2.31. The van der Waals surface area contributed by atoms with Crippen LogP contribution in [0, 0.1) is 0 Å². The van der Waals surface area contributed by atoms with E-state index < -0.39 is 28.5 Å². The van der Waals surface area contributed by atoms with Gasteiger partial charge in [0.1, 0.15) is 12.6 Å². The van der Waals surface area contributed by atoms with Crippen molar-refractivity contribution in [3.8, 4) is 0 Å². The Bertz CT molecular complexity index is 1150. The summed E-state index contributed by atoms with van der Waals surface area (Å²) in [5.74, 6) is -0.745. The van der Waals surface area contributed by atoms with Crippen molar-refractivity contribution in [2.24, 2.45) is 0 Å². The van der Waals surface area contributed by atoms with Gasteiger partial charge >= 0.3 is 0 Å². The molecule has 1 N–H and O–H groups in total. The second kappa shape index (κ2) is 12.2. The number of sulfonamides is 1. The van der Waals surface area contributed by atoms with Crippen LogP contribution in [0.25, 0.3) is 0 Å². The summed E-state index contributed by atoms with van der Waals surface area (Å²) in [7, 11) is -3.82. The number of halogens is 2. The van der Waals surface area contributed by atoms with E-state index in [0.29, 0.717) is 0 Å². The Kier molecular flexibility index (Phi) is 9.61. The van der Waals surface area contributed by atoms with Crippen molar-refractivity contribution in [3.05, 3.63) is 63.6 Å². The quantitative estimate of drug-likeness (QED) is 0.462. The average Bonchev–Trinajstić information content (AvgIpc) is 2.81. The molecule has 10 heteroatoms. The first-order valence-corrected chi connectivity index (χ1v) is 14.6. The molecule has 1 saturated carbocycles. The molecule has 7 nitrogen and oxygen atoms in total. The highest BCUT2D eigenvalue weighted by Crippen LogP contribution is 2.27. The fourth-order valence-electron chi connectivity index (χ4n) is 4.23. The molecule has 2 aromatic rings. The molecule has 1 aliphatic rings. The average molecular weight is 585 g/mol. The zero-order chi connectivity index (χ0) is 25.6. The van der Waals surface area contributed by atoms with Gasteiger partial charge in [-0.15, -0.1) is 0 Å². The minimum Gasteiger partial charge on any atom is -0.352 e. The third kappa shape index (κ3) is 7.69. The lowest BCUT2D eigenvalue weighted by Gasteiger charge is -2.33. The number of nitrogens with zero attached hydrogens (tertiary/aromatic N) is 2. The summed E-state index contributed by atoms with van der Waals surface area (Å²) < 4.78 is 27.1. The van der Waals surface area contributed by atoms with Crippen LogP contribution in [0.1, 0.15) is 44.6 Å². The van der Waals surface area contributed by atoms with Gasteiger partial charge in [0, 0.05) is 17.1 Å². The lowest BCUT2D eigenvalue weighted by atomic mass is 9.95. The van der Waals surface area contributed by atoms with Gasteiger partial charge in [0.25, 0.3) is 0 Å². The molecule has 0 bridgehead atoms. The highest BCUT2D eigenvalue weighted by atomic mass is 79.9. The number of amides is 2. The summed E-state index contributed by atoms with van der Waals surface area (Å²) in [5.41, 5.74) is 1.03. The van der Waals surface area contributed by atoms with Crippen LogP contribution < -0.4 is 9.62 Å². The Morgan fingerprint density at radius 2 is 1.80 bits per heavy atom. The molecule has 190 valence electrons. The lowest BCUT2D eigenvalue weighted by molar-refractivity contribution is -0.139. The number of anilines is 1. The lowest BCUT2D eigenvalue weighted by Crippen LogP contribution is -2.53. The zero-order valence-electron chi connectivity index (χ0n) is 19.9. The fraction of sp³-hybridized carbons (Fsp3) is 0.440. The third-order valence-electron chi connectivity index (χ3n) is 6.16. The van der Waals surface area contributed by atoms with E-state index in [9.17, 15) is 18.0 Å². The van der Waals surface area contributed by atoms with Gasteiger partial charge in [-0.3, -0.25) is 13.9 Å². The summed E-state index contributed by atoms with van der Waals surface area (Å²) in [4.78, 5) is 28.2. The molecule has 0 saturated heterocycles. The van der Waals surface area contributed by atoms with Crippen LogP contribution >= 0.6 is 27.5 Å². The van der Waals surface area contributed by atoms with Crippen LogP contribution in [0.2, 0.25) is 5.02 Å². The largest absolute Gasteiger partial charge is 0.352 e. The van der Waals surface area contributed by atoms with E-state index in [4.69, 9.17) is 11.6 Å². The van der Waals surface area contributed by atoms with Gasteiger partial charge in [-0.25, -0.2) is 8.42 Å². The van der Waals surface area contributed by atoms with E-state index in [1.807, 2.05) is 24.3 Å². The standard InChI is InChI=1S/C25H31BrClN3O4S/c1-18(25(32)28-21-11-4-3-5-12-21)29(16-19-9-8-10-20(26)15-19)24(31)17-30(35(2,33)34)23-14-7-6-13-22(23)27/h6-10,13-15,18,21H,3-5,11-12,16-17H2,1-2H3,(H,28,32)/t18-/m0/s1. The molecule has 0 radical (unpaired) electrons. The van der Waals surface area contributed by atoms with Crippen LogP contribution in [-0.4, -0.2) is 50.0 Å². The maximum Gasteiger partial charge on any atom is 0.244 e. The van der Waals surface area contributed by atoms with Crippen LogP contribution in [0.15, 0.2) is 53.0 Å². The Balaban J connectivity index is 1.88. The van der Waals surface area contributed by atoms with Crippen molar-refractivity contribution >= 4 is 55.1 Å². The smallest absolute Gasteiger partial charge is 0.244 e. The van der Waals surface area contributed by atoms with Crippen molar-refractivity contribution in [1.29, 1.82) is 0 Å². The highest BCUT2D eigenvalue weighted by molar-refractivity contribution is 9.10. The van der Waals surface area contributed by atoms with Crippen molar-refractivity contribution in [2.45, 2.75) is 57.7 Å². The molecule has 0 spiro atoms. The molecule has 2 aromatic carbocycles. The predicted octanol–water partition coefficient (Wildman–Crippen LogP) is 4.73. The van der Waals surface area contributed by atoms with E-state index in [1.165, 1.54) is 11.3 Å². The number of para-hydroxylation sites is 1. The topological polar surface area (TPSA) is 86.8 Å². The Morgan fingerprint density at radius 1 is 1.11 bits per heavy atom. The van der Waals surface area contributed by atoms with E-state index >= 15 is 0 Å². The van der Waals surface area contributed by atoms with Gasteiger partial charge in [0.2, 0.25) is 21.8 Å². The molecular formula is C25H31BrClN3O4S. The number of rotatable bonds is 9. The first kappa shape index (κ1) is 27.5.